The summed E-state index contributed by atoms with van der Waals surface area (Å²) in [6.45, 7) is 2.02. The van der Waals surface area contributed by atoms with Crippen molar-refractivity contribution in [3.63, 3.8) is 0 Å². The Hall–Kier alpha value is -2.54. The van der Waals surface area contributed by atoms with Crippen LogP contribution in [-0.2, 0) is 0 Å². The summed E-state index contributed by atoms with van der Waals surface area (Å²) in [4.78, 5) is 24.6. The molecule has 2 aromatic heterocycles. The van der Waals surface area contributed by atoms with Crippen LogP contribution in [0.15, 0.2) is 30.6 Å². The standard InChI is InChI=1S/C14H13N5OS/c1-8-3-4-9-11(5-8)21-14(18-9)19-13(20)10-6-17-12(15-2)7-16-10/h3-7H,1-2H3,(H,15,17)(H,18,19,20). The maximum atomic E-state index is 12.1. The summed E-state index contributed by atoms with van der Waals surface area (Å²) in [5.74, 6) is 0.294. The number of rotatable bonds is 3. The number of anilines is 2. The van der Waals surface area contributed by atoms with Gasteiger partial charge in [-0.25, -0.2) is 15.0 Å². The number of carbonyl (C=O) groups excluding carboxylic acids is 1. The lowest BCUT2D eigenvalue weighted by Gasteiger charge is -2.01. The van der Waals surface area contributed by atoms with Gasteiger partial charge < -0.3 is 5.32 Å². The number of fused-ring (bicyclic) bond motifs is 1. The number of thiazole rings is 1. The summed E-state index contributed by atoms with van der Waals surface area (Å²) in [5, 5.41) is 6.16. The van der Waals surface area contributed by atoms with E-state index in [1.165, 1.54) is 23.7 Å². The van der Waals surface area contributed by atoms with E-state index < -0.39 is 0 Å². The molecular formula is C14H13N5OS. The molecule has 1 aromatic carbocycles. The highest BCUT2D eigenvalue weighted by Crippen LogP contribution is 2.26. The molecule has 0 atom stereocenters. The molecule has 0 aliphatic carbocycles. The van der Waals surface area contributed by atoms with Gasteiger partial charge in [0.25, 0.3) is 5.91 Å². The third-order valence-corrected chi connectivity index (χ3v) is 3.84. The van der Waals surface area contributed by atoms with Crippen LogP contribution in [0.3, 0.4) is 0 Å². The summed E-state index contributed by atoms with van der Waals surface area (Å²) >= 11 is 1.44. The molecule has 21 heavy (non-hydrogen) atoms. The van der Waals surface area contributed by atoms with Crippen LogP contribution < -0.4 is 10.6 Å². The van der Waals surface area contributed by atoms with E-state index in [4.69, 9.17) is 0 Å². The Morgan fingerprint density at radius 3 is 2.81 bits per heavy atom. The Morgan fingerprint density at radius 2 is 2.10 bits per heavy atom. The second-order valence-corrected chi connectivity index (χ2v) is 5.51. The minimum absolute atomic E-state index is 0.254. The Labute approximate surface area is 125 Å². The molecule has 2 N–H and O–H groups in total. The molecule has 0 bridgehead atoms. The number of amides is 1. The zero-order chi connectivity index (χ0) is 14.8. The molecule has 0 saturated heterocycles. The van der Waals surface area contributed by atoms with E-state index in [-0.39, 0.29) is 11.6 Å². The quantitative estimate of drug-likeness (QED) is 0.777. The predicted octanol–water partition coefficient (Wildman–Crippen LogP) is 2.69. The van der Waals surface area contributed by atoms with Gasteiger partial charge in [-0.05, 0) is 24.6 Å². The summed E-state index contributed by atoms with van der Waals surface area (Å²) in [6.07, 6.45) is 2.94. The molecule has 3 aromatic rings. The number of aromatic nitrogens is 3. The summed E-state index contributed by atoms with van der Waals surface area (Å²) < 4.78 is 1.04. The lowest BCUT2D eigenvalue weighted by atomic mass is 10.2. The zero-order valence-electron chi connectivity index (χ0n) is 11.5. The number of nitrogens with zero attached hydrogens (tertiary/aromatic N) is 3. The second-order valence-electron chi connectivity index (χ2n) is 4.48. The third kappa shape index (κ3) is 2.82. The van der Waals surface area contributed by atoms with Gasteiger partial charge in [0.15, 0.2) is 5.13 Å². The molecule has 0 unspecified atom stereocenters. The third-order valence-electron chi connectivity index (χ3n) is 2.91. The van der Waals surface area contributed by atoms with Crippen LogP contribution in [0.2, 0.25) is 0 Å². The molecule has 7 heteroatoms. The van der Waals surface area contributed by atoms with Crippen LogP contribution in [0.1, 0.15) is 16.1 Å². The highest BCUT2D eigenvalue weighted by atomic mass is 32.1. The van der Waals surface area contributed by atoms with E-state index in [0.717, 1.165) is 15.8 Å². The minimum Gasteiger partial charge on any atom is -0.372 e. The van der Waals surface area contributed by atoms with Gasteiger partial charge in [-0.2, -0.15) is 0 Å². The molecule has 0 spiro atoms. The average molecular weight is 299 g/mol. The Morgan fingerprint density at radius 1 is 1.24 bits per heavy atom. The minimum atomic E-state index is -0.319. The number of hydrogen-bond acceptors (Lipinski definition) is 6. The number of nitrogens with one attached hydrogen (secondary N) is 2. The second kappa shape index (κ2) is 5.45. The zero-order valence-corrected chi connectivity index (χ0v) is 12.4. The maximum Gasteiger partial charge on any atom is 0.277 e. The smallest absolute Gasteiger partial charge is 0.277 e. The first-order valence-corrected chi connectivity index (χ1v) is 7.16. The summed E-state index contributed by atoms with van der Waals surface area (Å²) in [6, 6.07) is 5.98. The number of hydrogen-bond donors (Lipinski definition) is 2. The monoisotopic (exact) mass is 299 g/mol. The van der Waals surface area contributed by atoms with E-state index in [1.807, 2.05) is 25.1 Å². The Kier molecular flexibility index (Phi) is 3.49. The van der Waals surface area contributed by atoms with Crippen LogP contribution in [-0.4, -0.2) is 27.9 Å². The number of benzene rings is 1. The highest BCUT2D eigenvalue weighted by molar-refractivity contribution is 7.22. The summed E-state index contributed by atoms with van der Waals surface area (Å²) in [5.41, 5.74) is 2.29. The van der Waals surface area contributed by atoms with E-state index in [2.05, 4.69) is 25.6 Å². The largest absolute Gasteiger partial charge is 0.372 e. The molecule has 0 radical (unpaired) electrons. The molecule has 1 amide bonds. The van der Waals surface area contributed by atoms with Gasteiger partial charge in [0.2, 0.25) is 0 Å². The lowest BCUT2D eigenvalue weighted by Crippen LogP contribution is -2.14. The molecule has 3 rings (SSSR count). The van der Waals surface area contributed by atoms with Gasteiger partial charge in [-0.15, -0.1) is 0 Å². The van der Waals surface area contributed by atoms with Crippen LogP contribution in [0.4, 0.5) is 10.9 Å². The van der Waals surface area contributed by atoms with Gasteiger partial charge in [0.05, 0.1) is 22.6 Å². The van der Waals surface area contributed by atoms with E-state index in [0.29, 0.717) is 10.9 Å². The van der Waals surface area contributed by atoms with E-state index in [9.17, 15) is 4.79 Å². The van der Waals surface area contributed by atoms with E-state index in [1.54, 1.807) is 7.05 Å². The first-order chi connectivity index (χ1) is 10.2. The van der Waals surface area contributed by atoms with Crippen molar-refractivity contribution in [1.82, 2.24) is 15.0 Å². The Balaban J connectivity index is 1.81. The molecule has 0 fully saturated rings. The number of aryl methyl sites for hydroxylation is 1. The molecule has 0 aliphatic heterocycles. The fourth-order valence-electron chi connectivity index (χ4n) is 1.82. The van der Waals surface area contributed by atoms with E-state index >= 15 is 0 Å². The topological polar surface area (TPSA) is 79.8 Å². The van der Waals surface area contributed by atoms with Gasteiger partial charge in [0.1, 0.15) is 11.5 Å². The van der Waals surface area contributed by atoms with Gasteiger partial charge in [-0.1, -0.05) is 17.4 Å². The maximum absolute atomic E-state index is 12.1. The molecular weight excluding hydrogens is 286 g/mol. The molecule has 0 saturated carbocycles. The molecule has 6 nitrogen and oxygen atoms in total. The predicted molar refractivity (Wildman–Crippen MR) is 83.9 cm³/mol. The van der Waals surface area contributed by atoms with Crippen molar-refractivity contribution < 1.29 is 4.79 Å². The normalized spacial score (nSPS) is 10.6. The van der Waals surface area contributed by atoms with Crippen molar-refractivity contribution in [3.05, 3.63) is 41.9 Å². The first kappa shape index (κ1) is 13.4. The molecule has 2 heterocycles. The average Bonchev–Trinajstić information content (AvgIpc) is 2.88. The van der Waals surface area contributed by atoms with Gasteiger partial charge in [0, 0.05) is 7.05 Å². The van der Waals surface area contributed by atoms with Crippen molar-refractivity contribution in [2.24, 2.45) is 0 Å². The van der Waals surface area contributed by atoms with Crippen LogP contribution in [0.5, 0.6) is 0 Å². The van der Waals surface area contributed by atoms with Gasteiger partial charge >= 0.3 is 0 Å². The van der Waals surface area contributed by atoms with Crippen molar-refractivity contribution >= 4 is 38.4 Å². The number of carbonyl (C=O) groups is 1. The molecule has 0 aliphatic rings. The lowest BCUT2D eigenvalue weighted by molar-refractivity contribution is 0.102. The first-order valence-electron chi connectivity index (χ1n) is 6.34. The van der Waals surface area contributed by atoms with Crippen molar-refractivity contribution in [2.45, 2.75) is 6.92 Å². The fraction of sp³-hybridized carbons (Fsp3) is 0.143. The van der Waals surface area contributed by atoms with Crippen molar-refractivity contribution in [2.75, 3.05) is 17.7 Å². The SMILES string of the molecule is CNc1cnc(C(=O)Nc2nc3ccc(C)cc3s2)cn1. The van der Waals surface area contributed by atoms with Crippen molar-refractivity contribution in [3.8, 4) is 0 Å². The van der Waals surface area contributed by atoms with Crippen molar-refractivity contribution in [1.29, 1.82) is 0 Å². The fourth-order valence-corrected chi connectivity index (χ4v) is 2.78. The molecule has 106 valence electrons. The van der Waals surface area contributed by atoms with Gasteiger partial charge in [-0.3, -0.25) is 10.1 Å². The Bertz CT molecular complexity index is 797. The highest BCUT2D eigenvalue weighted by Gasteiger charge is 2.11. The van der Waals surface area contributed by atoms with Crippen LogP contribution in [0, 0.1) is 6.92 Å². The van der Waals surface area contributed by atoms with Crippen LogP contribution in [0.25, 0.3) is 10.2 Å². The summed E-state index contributed by atoms with van der Waals surface area (Å²) in [7, 11) is 1.74. The van der Waals surface area contributed by atoms with Crippen LogP contribution >= 0.6 is 11.3 Å².